The Bertz CT molecular complexity index is 254. The highest BCUT2D eigenvalue weighted by Gasteiger charge is 2.36. The van der Waals surface area contributed by atoms with E-state index in [9.17, 15) is 4.79 Å². The van der Waals surface area contributed by atoms with Crippen LogP contribution in [0.15, 0.2) is 0 Å². The van der Waals surface area contributed by atoms with Crippen LogP contribution in [0.1, 0.15) is 13.3 Å². The Morgan fingerprint density at radius 1 is 1.41 bits per heavy atom. The van der Waals surface area contributed by atoms with Crippen LogP contribution in [0.2, 0.25) is 0 Å². The van der Waals surface area contributed by atoms with Crippen LogP contribution >= 0.6 is 0 Å². The summed E-state index contributed by atoms with van der Waals surface area (Å²) in [7, 11) is 0. The average molecular weight is 241 g/mol. The van der Waals surface area contributed by atoms with E-state index < -0.39 is 0 Å². The second kappa shape index (κ2) is 6.33. The molecule has 1 amide bonds. The molecule has 0 aromatic heterocycles. The third-order valence-corrected chi connectivity index (χ3v) is 3.48. The third kappa shape index (κ3) is 3.18. The minimum atomic E-state index is 0.0136. The third-order valence-electron chi connectivity index (χ3n) is 3.48. The number of carbonyl (C=O) groups excluding carboxylic acids is 1. The fraction of sp³-hybridized carbons (Fsp3) is 0.917. The van der Waals surface area contributed by atoms with E-state index in [1.165, 1.54) is 0 Å². The fourth-order valence-electron chi connectivity index (χ4n) is 2.45. The standard InChI is InChI=1S/C12H23N3O2/c1-2-3-14-11-9-17-8-10(11)12(16)15-6-4-13-5-7-15/h10-11,13-14H,2-9H2,1H3. The number of ether oxygens (including phenoxy) is 1. The number of nitrogens with one attached hydrogen (secondary N) is 2. The number of piperazine rings is 1. The van der Waals surface area contributed by atoms with Crippen molar-refractivity contribution in [3.05, 3.63) is 0 Å². The van der Waals surface area contributed by atoms with E-state index in [1.54, 1.807) is 0 Å². The van der Waals surface area contributed by atoms with Crippen LogP contribution in [0.4, 0.5) is 0 Å². The van der Waals surface area contributed by atoms with Gasteiger partial charge in [-0.25, -0.2) is 0 Å². The highest BCUT2D eigenvalue weighted by molar-refractivity contribution is 5.80. The van der Waals surface area contributed by atoms with Crippen LogP contribution in [0.5, 0.6) is 0 Å². The summed E-state index contributed by atoms with van der Waals surface area (Å²) in [6.45, 7) is 7.81. The first-order valence-corrected chi connectivity index (χ1v) is 6.63. The molecule has 0 radical (unpaired) electrons. The Morgan fingerprint density at radius 3 is 2.88 bits per heavy atom. The van der Waals surface area contributed by atoms with Gasteiger partial charge in [-0.1, -0.05) is 6.92 Å². The molecule has 17 heavy (non-hydrogen) atoms. The summed E-state index contributed by atoms with van der Waals surface area (Å²) >= 11 is 0. The molecular formula is C12H23N3O2. The van der Waals surface area contributed by atoms with Crippen molar-refractivity contribution >= 4 is 5.91 Å². The number of nitrogens with zero attached hydrogens (tertiary/aromatic N) is 1. The van der Waals surface area contributed by atoms with Crippen molar-refractivity contribution in [3.63, 3.8) is 0 Å². The monoisotopic (exact) mass is 241 g/mol. The molecule has 0 aromatic carbocycles. The topological polar surface area (TPSA) is 53.6 Å². The molecule has 2 aliphatic heterocycles. The van der Waals surface area contributed by atoms with E-state index in [1.807, 2.05) is 4.90 Å². The van der Waals surface area contributed by atoms with Crippen LogP contribution < -0.4 is 10.6 Å². The largest absolute Gasteiger partial charge is 0.379 e. The smallest absolute Gasteiger partial charge is 0.229 e. The number of amides is 1. The quantitative estimate of drug-likeness (QED) is 0.692. The number of carbonyl (C=O) groups is 1. The van der Waals surface area contributed by atoms with Crippen molar-refractivity contribution < 1.29 is 9.53 Å². The van der Waals surface area contributed by atoms with Gasteiger partial charge in [-0.05, 0) is 13.0 Å². The van der Waals surface area contributed by atoms with E-state index in [-0.39, 0.29) is 17.9 Å². The van der Waals surface area contributed by atoms with Crippen LogP contribution in [-0.4, -0.2) is 62.8 Å². The first kappa shape index (κ1) is 12.8. The first-order chi connectivity index (χ1) is 8.33. The van der Waals surface area contributed by atoms with Crippen molar-refractivity contribution in [3.8, 4) is 0 Å². The van der Waals surface area contributed by atoms with E-state index in [0.717, 1.165) is 39.1 Å². The molecule has 98 valence electrons. The van der Waals surface area contributed by atoms with Gasteiger partial charge in [0, 0.05) is 32.2 Å². The molecule has 2 unspecified atom stereocenters. The highest BCUT2D eigenvalue weighted by atomic mass is 16.5. The van der Waals surface area contributed by atoms with Gasteiger partial charge in [0.2, 0.25) is 5.91 Å². The lowest BCUT2D eigenvalue weighted by Gasteiger charge is -2.31. The molecule has 2 fully saturated rings. The van der Waals surface area contributed by atoms with Crippen LogP contribution in [0.3, 0.4) is 0 Å². The number of hydrogen-bond acceptors (Lipinski definition) is 4. The van der Waals surface area contributed by atoms with Gasteiger partial charge >= 0.3 is 0 Å². The molecule has 5 nitrogen and oxygen atoms in total. The van der Waals surface area contributed by atoms with Gasteiger partial charge in [0.25, 0.3) is 0 Å². The predicted octanol–water partition coefficient (Wildman–Crippen LogP) is -0.567. The van der Waals surface area contributed by atoms with Gasteiger partial charge in [0.15, 0.2) is 0 Å². The lowest BCUT2D eigenvalue weighted by atomic mass is 10.0. The Hall–Kier alpha value is -0.650. The summed E-state index contributed by atoms with van der Waals surface area (Å²) in [6, 6.07) is 0.206. The van der Waals surface area contributed by atoms with Crippen molar-refractivity contribution in [2.45, 2.75) is 19.4 Å². The highest BCUT2D eigenvalue weighted by Crippen LogP contribution is 2.17. The van der Waals surface area contributed by atoms with Gasteiger partial charge in [0.1, 0.15) is 0 Å². The van der Waals surface area contributed by atoms with Gasteiger partial charge in [-0.3, -0.25) is 4.79 Å². The molecule has 0 aliphatic carbocycles. The maximum Gasteiger partial charge on any atom is 0.229 e. The SMILES string of the molecule is CCCNC1COCC1C(=O)N1CCNCC1. The molecule has 2 aliphatic rings. The second-order valence-corrected chi connectivity index (χ2v) is 4.78. The lowest BCUT2D eigenvalue weighted by molar-refractivity contribution is -0.136. The van der Waals surface area contributed by atoms with Crippen LogP contribution in [0.25, 0.3) is 0 Å². The van der Waals surface area contributed by atoms with E-state index >= 15 is 0 Å². The van der Waals surface area contributed by atoms with E-state index in [4.69, 9.17) is 4.74 Å². The number of rotatable bonds is 4. The Balaban J connectivity index is 1.88. The first-order valence-electron chi connectivity index (χ1n) is 6.63. The Kier molecular flexibility index (Phi) is 4.76. The minimum absolute atomic E-state index is 0.0136. The molecule has 0 saturated carbocycles. The van der Waals surface area contributed by atoms with Gasteiger partial charge in [-0.2, -0.15) is 0 Å². The summed E-state index contributed by atoms with van der Waals surface area (Å²) in [4.78, 5) is 14.3. The molecule has 2 N–H and O–H groups in total. The van der Waals surface area contributed by atoms with Gasteiger partial charge in [0.05, 0.1) is 19.1 Å². The zero-order valence-corrected chi connectivity index (χ0v) is 10.6. The minimum Gasteiger partial charge on any atom is -0.379 e. The molecule has 2 atom stereocenters. The van der Waals surface area contributed by atoms with Crippen molar-refractivity contribution in [1.29, 1.82) is 0 Å². The van der Waals surface area contributed by atoms with Crippen molar-refractivity contribution in [2.75, 3.05) is 45.9 Å². The van der Waals surface area contributed by atoms with E-state index in [2.05, 4.69) is 17.6 Å². The molecule has 0 bridgehead atoms. The molecule has 2 rings (SSSR count). The Labute approximate surface area is 103 Å². The summed E-state index contributed by atoms with van der Waals surface area (Å²) in [5.41, 5.74) is 0. The number of hydrogen-bond donors (Lipinski definition) is 2. The molecule has 0 spiro atoms. The molecule has 2 saturated heterocycles. The molecule has 5 heteroatoms. The van der Waals surface area contributed by atoms with Gasteiger partial charge < -0.3 is 20.3 Å². The average Bonchev–Trinajstić information content (AvgIpc) is 2.84. The Morgan fingerprint density at radius 2 is 2.18 bits per heavy atom. The second-order valence-electron chi connectivity index (χ2n) is 4.78. The zero-order chi connectivity index (χ0) is 12.1. The summed E-state index contributed by atoms with van der Waals surface area (Å²) in [6.07, 6.45) is 1.09. The molecule has 2 heterocycles. The van der Waals surface area contributed by atoms with Crippen LogP contribution in [0, 0.1) is 5.92 Å². The lowest BCUT2D eigenvalue weighted by Crippen LogP contribution is -2.52. The van der Waals surface area contributed by atoms with Crippen molar-refractivity contribution in [1.82, 2.24) is 15.5 Å². The summed E-state index contributed by atoms with van der Waals surface area (Å²) < 4.78 is 5.45. The van der Waals surface area contributed by atoms with E-state index in [0.29, 0.717) is 13.2 Å². The normalized spacial score (nSPS) is 29.6. The predicted molar refractivity (Wildman–Crippen MR) is 65.8 cm³/mol. The van der Waals surface area contributed by atoms with Gasteiger partial charge in [-0.15, -0.1) is 0 Å². The molecule has 0 aromatic rings. The summed E-state index contributed by atoms with van der Waals surface area (Å²) in [5, 5.41) is 6.68. The van der Waals surface area contributed by atoms with Crippen molar-refractivity contribution in [2.24, 2.45) is 5.92 Å². The maximum absolute atomic E-state index is 12.4. The summed E-state index contributed by atoms with van der Waals surface area (Å²) in [5.74, 6) is 0.275. The van der Waals surface area contributed by atoms with Crippen LogP contribution in [-0.2, 0) is 9.53 Å². The fourth-order valence-corrected chi connectivity index (χ4v) is 2.45. The maximum atomic E-state index is 12.4. The molecular weight excluding hydrogens is 218 g/mol. The zero-order valence-electron chi connectivity index (χ0n) is 10.6.